The minimum atomic E-state index is -3.62. The third-order valence-corrected chi connectivity index (χ3v) is 7.41. The van der Waals surface area contributed by atoms with Crippen LogP contribution in [0.4, 0.5) is 5.69 Å². The summed E-state index contributed by atoms with van der Waals surface area (Å²) < 4.78 is 33.1. The third kappa shape index (κ3) is 3.70. The highest BCUT2D eigenvalue weighted by Gasteiger charge is 2.32. The van der Waals surface area contributed by atoms with Crippen LogP contribution >= 0.6 is 0 Å². The average molecular weight is 415 g/mol. The van der Waals surface area contributed by atoms with Crippen molar-refractivity contribution in [2.75, 3.05) is 24.5 Å². The number of morpholine rings is 1. The second kappa shape index (κ2) is 7.55. The van der Waals surface area contributed by atoms with Crippen molar-refractivity contribution >= 4 is 21.6 Å². The predicted molar refractivity (Wildman–Crippen MR) is 112 cm³/mol. The van der Waals surface area contributed by atoms with Gasteiger partial charge in [-0.2, -0.15) is 4.31 Å². The van der Waals surface area contributed by atoms with Gasteiger partial charge in [-0.25, -0.2) is 8.42 Å². The maximum atomic E-state index is 13.1. The molecule has 2 aromatic rings. The van der Waals surface area contributed by atoms with Crippen LogP contribution in [-0.2, 0) is 21.2 Å². The Kier molecular flexibility index (Phi) is 5.23. The van der Waals surface area contributed by atoms with Crippen LogP contribution < -0.4 is 4.90 Å². The lowest BCUT2D eigenvalue weighted by Gasteiger charge is -2.34. The minimum Gasteiger partial charge on any atom is -0.373 e. The predicted octanol–water partition coefficient (Wildman–Crippen LogP) is 3.00. The highest BCUT2D eigenvalue weighted by Crippen LogP contribution is 2.32. The van der Waals surface area contributed by atoms with Gasteiger partial charge in [0, 0.05) is 25.2 Å². The number of hydrogen-bond donors (Lipinski definition) is 0. The first-order valence-corrected chi connectivity index (χ1v) is 11.4. The molecule has 2 unspecified atom stereocenters. The van der Waals surface area contributed by atoms with Crippen LogP contribution in [0.2, 0.25) is 0 Å². The van der Waals surface area contributed by atoms with Crippen molar-refractivity contribution in [2.24, 2.45) is 0 Å². The number of ether oxygens (including phenoxy) is 1. The molecule has 1 saturated heterocycles. The van der Waals surface area contributed by atoms with Crippen LogP contribution in [0.5, 0.6) is 0 Å². The zero-order valence-electron chi connectivity index (χ0n) is 17.0. The number of rotatable bonds is 3. The lowest BCUT2D eigenvalue weighted by atomic mass is 10.1. The van der Waals surface area contributed by atoms with E-state index >= 15 is 0 Å². The highest BCUT2D eigenvalue weighted by atomic mass is 32.2. The lowest BCUT2D eigenvalue weighted by molar-refractivity contribution is -0.0440. The average Bonchev–Trinajstić information content (AvgIpc) is 3.12. The molecule has 0 bridgehead atoms. The van der Waals surface area contributed by atoms with Crippen LogP contribution in [0, 0.1) is 6.92 Å². The molecule has 0 aromatic heterocycles. The van der Waals surface area contributed by atoms with Gasteiger partial charge in [-0.3, -0.25) is 4.79 Å². The molecule has 29 heavy (non-hydrogen) atoms. The number of aryl methyl sites for hydroxylation is 1. The summed E-state index contributed by atoms with van der Waals surface area (Å²) in [7, 11) is -3.62. The zero-order valence-corrected chi connectivity index (χ0v) is 17.8. The first-order valence-electron chi connectivity index (χ1n) is 9.93. The summed E-state index contributed by atoms with van der Waals surface area (Å²) in [6.45, 7) is 7.05. The van der Waals surface area contributed by atoms with Crippen LogP contribution in [0.1, 0.15) is 35.3 Å². The first kappa shape index (κ1) is 20.1. The molecule has 2 heterocycles. The Bertz CT molecular complexity index is 1020. The van der Waals surface area contributed by atoms with Crippen molar-refractivity contribution in [3.8, 4) is 0 Å². The largest absolute Gasteiger partial charge is 0.373 e. The second-order valence-electron chi connectivity index (χ2n) is 7.89. The molecule has 0 N–H and O–H groups in total. The molecular formula is C22H26N2O4S. The monoisotopic (exact) mass is 414 g/mol. The zero-order chi connectivity index (χ0) is 20.8. The SMILES string of the molecule is Cc1cccc2c1N(C(=O)c1ccc(S(=O)(=O)N3CC(C)OC(C)C3)cc1)CC2. The van der Waals surface area contributed by atoms with E-state index < -0.39 is 10.0 Å². The summed E-state index contributed by atoms with van der Waals surface area (Å²) >= 11 is 0. The molecular weight excluding hydrogens is 388 g/mol. The van der Waals surface area contributed by atoms with E-state index in [1.165, 1.54) is 22.0 Å². The summed E-state index contributed by atoms with van der Waals surface area (Å²) in [4.78, 5) is 15.1. The second-order valence-corrected chi connectivity index (χ2v) is 9.83. The van der Waals surface area contributed by atoms with Crippen LogP contribution in [0.15, 0.2) is 47.4 Å². The van der Waals surface area contributed by atoms with E-state index in [-0.39, 0.29) is 23.0 Å². The molecule has 0 saturated carbocycles. The molecule has 2 aliphatic rings. The number of carbonyl (C=O) groups excluding carboxylic acids is 1. The van der Waals surface area contributed by atoms with E-state index in [0.717, 1.165) is 17.7 Å². The maximum Gasteiger partial charge on any atom is 0.258 e. The topological polar surface area (TPSA) is 66.9 Å². The van der Waals surface area contributed by atoms with Gasteiger partial charge in [0.15, 0.2) is 0 Å². The van der Waals surface area contributed by atoms with E-state index in [4.69, 9.17) is 4.74 Å². The number of sulfonamides is 1. The van der Waals surface area contributed by atoms with Gasteiger partial charge in [0.05, 0.1) is 22.8 Å². The van der Waals surface area contributed by atoms with Gasteiger partial charge in [-0.15, -0.1) is 0 Å². The van der Waals surface area contributed by atoms with Crippen LogP contribution in [0.25, 0.3) is 0 Å². The molecule has 6 nitrogen and oxygen atoms in total. The summed E-state index contributed by atoms with van der Waals surface area (Å²) in [6, 6.07) is 12.3. The Labute approximate surface area is 172 Å². The molecule has 1 amide bonds. The molecule has 154 valence electrons. The molecule has 2 aromatic carbocycles. The Morgan fingerprint density at radius 2 is 1.69 bits per heavy atom. The lowest BCUT2D eigenvalue weighted by Crippen LogP contribution is -2.48. The molecule has 2 atom stereocenters. The van der Waals surface area contributed by atoms with Gasteiger partial charge < -0.3 is 9.64 Å². The van der Waals surface area contributed by atoms with Crippen LogP contribution in [0.3, 0.4) is 0 Å². The fourth-order valence-corrected chi connectivity index (χ4v) is 5.85. The van der Waals surface area contributed by atoms with Crippen molar-refractivity contribution < 1.29 is 17.9 Å². The number of fused-ring (bicyclic) bond motifs is 1. The van der Waals surface area contributed by atoms with Gasteiger partial charge in [0.25, 0.3) is 5.91 Å². The van der Waals surface area contributed by atoms with Crippen molar-refractivity contribution in [1.29, 1.82) is 0 Å². The summed E-state index contributed by atoms with van der Waals surface area (Å²) in [5.41, 5.74) is 3.71. The number of hydrogen-bond acceptors (Lipinski definition) is 4. The standard InChI is InChI=1S/C22H26N2O4S/c1-15-5-4-6-18-11-12-24(21(15)18)22(25)19-7-9-20(10-8-19)29(26,27)23-13-16(2)28-17(3)14-23/h4-10,16-17H,11-14H2,1-3H3. The molecule has 4 rings (SSSR count). The first-order chi connectivity index (χ1) is 13.8. The summed E-state index contributed by atoms with van der Waals surface area (Å²) in [6.07, 6.45) is 0.545. The Morgan fingerprint density at radius 3 is 2.34 bits per heavy atom. The highest BCUT2D eigenvalue weighted by molar-refractivity contribution is 7.89. The number of nitrogens with zero attached hydrogens (tertiary/aromatic N) is 2. The van der Waals surface area contributed by atoms with Crippen molar-refractivity contribution in [3.05, 3.63) is 59.2 Å². The number of benzene rings is 2. The van der Waals surface area contributed by atoms with E-state index in [1.54, 1.807) is 17.0 Å². The molecule has 7 heteroatoms. The van der Waals surface area contributed by atoms with Gasteiger partial charge in [-0.05, 0) is 62.6 Å². The molecule has 0 radical (unpaired) electrons. The van der Waals surface area contributed by atoms with Gasteiger partial charge in [0.1, 0.15) is 0 Å². The van der Waals surface area contributed by atoms with E-state index in [0.29, 0.717) is 25.2 Å². The molecule has 0 spiro atoms. The fraction of sp³-hybridized carbons (Fsp3) is 0.409. The Balaban J connectivity index is 1.57. The number of anilines is 1. The smallest absolute Gasteiger partial charge is 0.258 e. The van der Waals surface area contributed by atoms with Gasteiger partial charge >= 0.3 is 0 Å². The maximum absolute atomic E-state index is 13.1. The quantitative estimate of drug-likeness (QED) is 0.774. The van der Waals surface area contributed by atoms with E-state index in [9.17, 15) is 13.2 Å². The Morgan fingerprint density at radius 1 is 1.03 bits per heavy atom. The molecule has 2 aliphatic heterocycles. The number of amides is 1. The minimum absolute atomic E-state index is 0.101. The normalized spacial score (nSPS) is 22.5. The van der Waals surface area contributed by atoms with E-state index in [1.807, 2.05) is 32.9 Å². The van der Waals surface area contributed by atoms with Gasteiger partial charge in [-0.1, -0.05) is 18.2 Å². The third-order valence-electron chi connectivity index (χ3n) is 5.57. The van der Waals surface area contributed by atoms with Crippen molar-refractivity contribution in [1.82, 2.24) is 4.31 Å². The Hall–Kier alpha value is -2.22. The summed E-state index contributed by atoms with van der Waals surface area (Å²) in [5.74, 6) is -0.101. The van der Waals surface area contributed by atoms with Crippen molar-refractivity contribution in [3.63, 3.8) is 0 Å². The number of carbonyl (C=O) groups is 1. The van der Waals surface area contributed by atoms with Gasteiger partial charge in [0.2, 0.25) is 10.0 Å². The molecule has 0 aliphatic carbocycles. The van der Waals surface area contributed by atoms with Crippen molar-refractivity contribution in [2.45, 2.75) is 44.3 Å². The molecule has 1 fully saturated rings. The summed E-state index contributed by atoms with van der Waals surface area (Å²) in [5, 5.41) is 0. The van der Waals surface area contributed by atoms with Crippen LogP contribution in [-0.4, -0.2) is 50.5 Å². The van der Waals surface area contributed by atoms with E-state index in [2.05, 4.69) is 6.07 Å². The fourth-order valence-electron chi connectivity index (χ4n) is 4.26. The number of para-hydroxylation sites is 1.